The zero-order valence-electron chi connectivity index (χ0n) is 13.5. The van der Waals surface area contributed by atoms with Crippen LogP contribution in [-0.4, -0.2) is 19.4 Å². The van der Waals surface area contributed by atoms with Gasteiger partial charge in [-0.1, -0.05) is 0 Å². The Balaban J connectivity index is 2.11. The molecule has 134 valence electrons. The van der Waals surface area contributed by atoms with E-state index in [4.69, 9.17) is 14.3 Å². The molecule has 3 aromatic rings. The van der Waals surface area contributed by atoms with Crippen LogP contribution in [-0.2, 0) is 14.8 Å². The van der Waals surface area contributed by atoms with Gasteiger partial charge in [-0.15, -0.1) is 0 Å². The smallest absolute Gasteiger partial charge is 0.402 e. The van der Waals surface area contributed by atoms with E-state index in [1.54, 1.807) is 0 Å². The topological polar surface area (TPSA) is 112 Å². The second-order valence-corrected chi connectivity index (χ2v) is 6.89. The second kappa shape index (κ2) is 6.70. The van der Waals surface area contributed by atoms with Crippen LogP contribution < -0.4 is 9.88 Å². The van der Waals surface area contributed by atoms with Crippen molar-refractivity contribution < 1.29 is 26.8 Å². The normalized spacial score (nSPS) is 11.3. The van der Waals surface area contributed by atoms with Gasteiger partial charge in [0.15, 0.2) is 5.76 Å². The van der Waals surface area contributed by atoms with Crippen LogP contribution in [0.15, 0.2) is 57.8 Å². The zero-order chi connectivity index (χ0) is 18.9. The van der Waals surface area contributed by atoms with Gasteiger partial charge in [0.2, 0.25) is 10.0 Å². The molecule has 3 rings (SSSR count). The molecule has 0 amide bonds. The minimum atomic E-state index is -3.84. The van der Waals surface area contributed by atoms with Gasteiger partial charge in [0, 0.05) is 18.1 Å². The van der Waals surface area contributed by atoms with Gasteiger partial charge in [-0.05, 0) is 48.5 Å². The summed E-state index contributed by atoms with van der Waals surface area (Å²) in [7, 11) is -3.84. The van der Waals surface area contributed by atoms with Gasteiger partial charge in [-0.3, -0.25) is 4.79 Å². The molecule has 1 heterocycles. The number of oxazole rings is 1. The van der Waals surface area contributed by atoms with Crippen LogP contribution >= 0.6 is 0 Å². The first kappa shape index (κ1) is 17.8. The minimum absolute atomic E-state index is 0.0655. The molecule has 0 aliphatic carbocycles. The third kappa shape index (κ3) is 3.79. The molecular weight excluding hydrogens is 363 g/mol. The lowest BCUT2D eigenvalue weighted by Crippen LogP contribution is -2.11. The van der Waals surface area contributed by atoms with E-state index in [9.17, 15) is 17.6 Å². The van der Waals surface area contributed by atoms with Crippen LogP contribution in [0, 0.1) is 5.82 Å². The number of nitrogens with two attached hydrogens (primary N) is 1. The van der Waals surface area contributed by atoms with Crippen LogP contribution in [0.4, 0.5) is 4.39 Å². The van der Waals surface area contributed by atoms with Gasteiger partial charge in [-0.25, -0.2) is 17.9 Å². The van der Waals surface area contributed by atoms with E-state index < -0.39 is 21.8 Å². The predicted molar refractivity (Wildman–Crippen MR) is 90.0 cm³/mol. The number of aromatic nitrogens is 1. The summed E-state index contributed by atoms with van der Waals surface area (Å²) in [6.45, 7) is 1.20. The number of halogens is 1. The Morgan fingerprint density at radius 2 is 1.65 bits per heavy atom. The molecule has 0 saturated heterocycles. The SMILES string of the molecule is CC(=O)Oc1nc(-c2ccc(F)cc2)c(-c2ccc(S(N)(=O)=O)cc2)o1. The highest BCUT2D eigenvalue weighted by Gasteiger charge is 2.19. The number of hydrogen-bond acceptors (Lipinski definition) is 6. The number of sulfonamides is 1. The summed E-state index contributed by atoms with van der Waals surface area (Å²) >= 11 is 0. The predicted octanol–water partition coefficient (Wildman–Crippen LogP) is 2.72. The quantitative estimate of drug-likeness (QED) is 0.701. The number of carbonyl (C=O) groups excluding carboxylic acids is 1. The van der Waals surface area contributed by atoms with E-state index in [0.29, 0.717) is 16.8 Å². The molecule has 2 N–H and O–H groups in total. The van der Waals surface area contributed by atoms with E-state index in [1.807, 2.05) is 0 Å². The Labute approximate surface area is 148 Å². The van der Waals surface area contributed by atoms with E-state index in [-0.39, 0.29) is 16.7 Å². The molecule has 0 aliphatic heterocycles. The fourth-order valence-electron chi connectivity index (χ4n) is 2.26. The molecule has 9 heteroatoms. The molecule has 2 aromatic carbocycles. The third-order valence-electron chi connectivity index (χ3n) is 3.40. The van der Waals surface area contributed by atoms with E-state index in [0.717, 1.165) is 0 Å². The highest BCUT2D eigenvalue weighted by Crippen LogP contribution is 2.35. The third-order valence-corrected chi connectivity index (χ3v) is 4.33. The van der Waals surface area contributed by atoms with Crippen molar-refractivity contribution in [2.24, 2.45) is 5.14 Å². The lowest BCUT2D eigenvalue weighted by molar-refractivity contribution is -0.133. The minimum Gasteiger partial charge on any atom is -0.408 e. The molecule has 0 saturated carbocycles. The number of primary sulfonamides is 1. The molecule has 0 atom stereocenters. The molecule has 0 spiro atoms. The van der Waals surface area contributed by atoms with Crippen molar-refractivity contribution in [2.45, 2.75) is 11.8 Å². The van der Waals surface area contributed by atoms with E-state index >= 15 is 0 Å². The van der Waals surface area contributed by atoms with Gasteiger partial charge in [0.1, 0.15) is 11.5 Å². The van der Waals surface area contributed by atoms with Crippen molar-refractivity contribution in [1.82, 2.24) is 4.98 Å². The molecule has 0 fully saturated rings. The Kier molecular flexibility index (Phi) is 4.58. The zero-order valence-corrected chi connectivity index (χ0v) is 14.3. The van der Waals surface area contributed by atoms with Gasteiger partial charge in [0.05, 0.1) is 4.90 Å². The Morgan fingerprint density at radius 1 is 1.08 bits per heavy atom. The van der Waals surface area contributed by atoms with Crippen molar-refractivity contribution in [3.8, 4) is 28.7 Å². The maximum atomic E-state index is 13.2. The van der Waals surface area contributed by atoms with Crippen LogP contribution in [0.3, 0.4) is 0 Å². The first-order chi connectivity index (χ1) is 12.2. The summed E-state index contributed by atoms with van der Waals surface area (Å²) in [6.07, 6.45) is -0.276. The highest BCUT2D eigenvalue weighted by molar-refractivity contribution is 7.89. The summed E-state index contributed by atoms with van der Waals surface area (Å²) in [5.41, 5.74) is 1.31. The monoisotopic (exact) mass is 376 g/mol. The molecule has 0 unspecified atom stereocenters. The second-order valence-electron chi connectivity index (χ2n) is 5.33. The fourth-order valence-corrected chi connectivity index (χ4v) is 2.78. The molecule has 0 bridgehead atoms. The molecule has 7 nitrogen and oxygen atoms in total. The first-order valence-electron chi connectivity index (χ1n) is 7.32. The number of carbonyl (C=O) groups is 1. The summed E-state index contributed by atoms with van der Waals surface area (Å²) in [5.74, 6) is -0.807. The van der Waals surface area contributed by atoms with Crippen molar-refractivity contribution >= 4 is 16.0 Å². The number of rotatable bonds is 4. The number of hydrogen-bond donors (Lipinski definition) is 1. The maximum Gasteiger partial charge on any atom is 0.402 e. The van der Waals surface area contributed by atoms with Crippen LogP contribution in [0.1, 0.15) is 6.92 Å². The molecular formula is C17H13FN2O5S. The van der Waals surface area contributed by atoms with Crippen LogP contribution in [0.2, 0.25) is 0 Å². The van der Waals surface area contributed by atoms with Crippen LogP contribution in [0.25, 0.3) is 22.6 Å². The van der Waals surface area contributed by atoms with Crippen LogP contribution in [0.5, 0.6) is 6.08 Å². The standard InChI is InChI=1S/C17H13FN2O5S/c1-10(21)24-17-20-15(11-2-6-13(18)7-3-11)16(25-17)12-4-8-14(9-5-12)26(19,22)23/h2-9H,1H3,(H2,19,22,23). The number of benzene rings is 2. The fraction of sp³-hybridized carbons (Fsp3) is 0.0588. The number of ether oxygens (including phenoxy) is 1. The van der Waals surface area contributed by atoms with E-state index in [1.165, 1.54) is 55.5 Å². The molecule has 1 aromatic heterocycles. The van der Waals surface area contributed by atoms with Crippen molar-refractivity contribution in [3.63, 3.8) is 0 Å². The van der Waals surface area contributed by atoms with Crippen molar-refractivity contribution in [1.29, 1.82) is 0 Å². The molecule has 26 heavy (non-hydrogen) atoms. The highest BCUT2D eigenvalue weighted by atomic mass is 32.2. The average Bonchev–Trinajstić information content (AvgIpc) is 2.98. The van der Waals surface area contributed by atoms with Gasteiger partial charge in [0.25, 0.3) is 0 Å². The summed E-state index contributed by atoms with van der Waals surface area (Å²) in [5, 5.41) is 5.08. The van der Waals surface area contributed by atoms with Crippen molar-refractivity contribution in [3.05, 3.63) is 54.3 Å². The number of nitrogens with zero attached hydrogens (tertiary/aromatic N) is 1. The summed E-state index contributed by atoms with van der Waals surface area (Å²) in [4.78, 5) is 15.2. The average molecular weight is 376 g/mol. The van der Waals surface area contributed by atoms with Gasteiger partial charge >= 0.3 is 12.0 Å². The first-order valence-corrected chi connectivity index (χ1v) is 8.87. The summed E-state index contributed by atoms with van der Waals surface area (Å²) < 4.78 is 46.3. The Hall–Kier alpha value is -3.04. The largest absolute Gasteiger partial charge is 0.408 e. The van der Waals surface area contributed by atoms with E-state index in [2.05, 4.69) is 4.98 Å². The van der Waals surface area contributed by atoms with Crippen molar-refractivity contribution in [2.75, 3.05) is 0 Å². The number of esters is 1. The summed E-state index contributed by atoms with van der Waals surface area (Å²) in [6, 6.07) is 11.1. The van der Waals surface area contributed by atoms with Gasteiger partial charge < -0.3 is 9.15 Å². The lowest BCUT2D eigenvalue weighted by atomic mass is 10.1. The Morgan fingerprint density at radius 3 is 2.19 bits per heavy atom. The maximum absolute atomic E-state index is 13.2. The lowest BCUT2D eigenvalue weighted by Gasteiger charge is -2.03. The Bertz CT molecular complexity index is 1060. The van der Waals surface area contributed by atoms with Gasteiger partial charge in [-0.2, -0.15) is 4.98 Å². The molecule has 0 aliphatic rings. The molecule has 0 radical (unpaired) electrons.